The maximum absolute atomic E-state index is 12.2. The van der Waals surface area contributed by atoms with Crippen molar-refractivity contribution in [2.24, 2.45) is 0 Å². The molecule has 0 saturated carbocycles. The number of carbonyl (C=O) groups is 1. The van der Waals surface area contributed by atoms with E-state index in [1.165, 1.54) is 6.08 Å². The van der Waals surface area contributed by atoms with Crippen LogP contribution >= 0.6 is 0 Å². The average Bonchev–Trinajstić information content (AvgIpc) is 2.62. The van der Waals surface area contributed by atoms with E-state index < -0.39 is 0 Å². The summed E-state index contributed by atoms with van der Waals surface area (Å²) >= 11 is 0. The topological polar surface area (TPSA) is 56.8 Å². The van der Waals surface area contributed by atoms with Crippen molar-refractivity contribution >= 4 is 17.7 Å². The summed E-state index contributed by atoms with van der Waals surface area (Å²) in [6.07, 6.45) is 3.22. The third-order valence-corrected chi connectivity index (χ3v) is 3.42. The van der Waals surface area contributed by atoms with E-state index in [1.807, 2.05) is 63.2 Å². The van der Waals surface area contributed by atoms with Gasteiger partial charge in [-0.15, -0.1) is 0 Å². The van der Waals surface area contributed by atoms with Crippen LogP contribution in [-0.2, 0) is 4.79 Å². The number of nitrogens with one attached hydrogen (secondary N) is 1. The zero-order chi connectivity index (χ0) is 18.9. The van der Waals surface area contributed by atoms with Gasteiger partial charge < -0.3 is 19.5 Å². The van der Waals surface area contributed by atoms with Crippen LogP contribution in [-0.4, -0.2) is 25.7 Å². The summed E-state index contributed by atoms with van der Waals surface area (Å²) in [4.78, 5) is 12.2. The van der Waals surface area contributed by atoms with Crippen LogP contribution in [0.1, 0.15) is 26.3 Å². The Morgan fingerprint density at radius 2 is 1.88 bits per heavy atom. The Morgan fingerprint density at radius 3 is 2.58 bits per heavy atom. The zero-order valence-corrected chi connectivity index (χ0v) is 15.6. The molecular formula is C21H25NO4. The van der Waals surface area contributed by atoms with Crippen molar-refractivity contribution in [1.82, 2.24) is 0 Å². The Labute approximate surface area is 154 Å². The highest BCUT2D eigenvalue weighted by Crippen LogP contribution is 2.28. The molecule has 138 valence electrons. The number of methoxy groups -OCH3 is 1. The van der Waals surface area contributed by atoms with Gasteiger partial charge in [-0.05, 0) is 56.7 Å². The number of hydrogen-bond donors (Lipinski definition) is 1. The predicted octanol–water partition coefficient (Wildman–Crippen LogP) is 4.53. The summed E-state index contributed by atoms with van der Waals surface area (Å²) < 4.78 is 16.5. The number of anilines is 1. The molecule has 0 fully saturated rings. The molecule has 2 rings (SSSR count). The predicted molar refractivity (Wildman–Crippen MR) is 104 cm³/mol. The summed E-state index contributed by atoms with van der Waals surface area (Å²) in [5, 5.41) is 2.84. The Morgan fingerprint density at radius 1 is 1.12 bits per heavy atom. The molecule has 5 nitrogen and oxygen atoms in total. The van der Waals surface area contributed by atoms with Gasteiger partial charge in [0, 0.05) is 6.08 Å². The molecule has 0 bridgehead atoms. The highest BCUT2D eigenvalue weighted by molar-refractivity contribution is 6.02. The molecular weight excluding hydrogens is 330 g/mol. The van der Waals surface area contributed by atoms with Gasteiger partial charge in [0.25, 0.3) is 0 Å². The summed E-state index contributed by atoms with van der Waals surface area (Å²) in [6.45, 7) is 6.36. The Bertz CT molecular complexity index is 768. The lowest BCUT2D eigenvalue weighted by Gasteiger charge is -2.14. The highest BCUT2D eigenvalue weighted by atomic mass is 16.5. The van der Waals surface area contributed by atoms with Crippen molar-refractivity contribution < 1.29 is 19.0 Å². The van der Waals surface area contributed by atoms with Crippen LogP contribution in [0.5, 0.6) is 17.2 Å². The quantitative estimate of drug-likeness (QED) is 0.707. The monoisotopic (exact) mass is 355 g/mol. The minimum atomic E-state index is -0.238. The van der Waals surface area contributed by atoms with E-state index in [-0.39, 0.29) is 12.0 Å². The second-order valence-electron chi connectivity index (χ2n) is 5.83. The number of carbonyl (C=O) groups excluding carboxylic acids is 1. The van der Waals surface area contributed by atoms with Crippen molar-refractivity contribution in [1.29, 1.82) is 0 Å². The van der Waals surface area contributed by atoms with Gasteiger partial charge in [0.2, 0.25) is 5.91 Å². The Hall–Kier alpha value is -2.95. The molecule has 0 heterocycles. The Balaban J connectivity index is 2.08. The van der Waals surface area contributed by atoms with Crippen molar-refractivity contribution in [3.8, 4) is 17.2 Å². The van der Waals surface area contributed by atoms with Gasteiger partial charge in [0.05, 0.1) is 25.5 Å². The third-order valence-electron chi connectivity index (χ3n) is 3.42. The summed E-state index contributed by atoms with van der Waals surface area (Å²) in [5.74, 6) is 1.71. The van der Waals surface area contributed by atoms with E-state index in [0.29, 0.717) is 29.5 Å². The van der Waals surface area contributed by atoms with Gasteiger partial charge in [-0.2, -0.15) is 0 Å². The molecule has 0 saturated heterocycles. The molecule has 0 aliphatic carbocycles. The molecule has 2 aromatic carbocycles. The van der Waals surface area contributed by atoms with Gasteiger partial charge in [0.15, 0.2) is 11.5 Å². The first-order chi connectivity index (χ1) is 12.5. The van der Waals surface area contributed by atoms with E-state index in [0.717, 1.165) is 5.56 Å². The van der Waals surface area contributed by atoms with Crippen molar-refractivity contribution in [3.63, 3.8) is 0 Å². The first kappa shape index (κ1) is 19.4. The normalized spacial score (nSPS) is 10.8. The Kier molecular flexibility index (Phi) is 7.09. The minimum Gasteiger partial charge on any atom is -0.493 e. The second kappa shape index (κ2) is 9.51. The first-order valence-electron chi connectivity index (χ1n) is 8.59. The molecule has 0 atom stereocenters. The van der Waals surface area contributed by atoms with Crippen LogP contribution in [0.2, 0.25) is 0 Å². The van der Waals surface area contributed by atoms with Gasteiger partial charge in [-0.25, -0.2) is 0 Å². The largest absolute Gasteiger partial charge is 0.493 e. The van der Waals surface area contributed by atoms with Gasteiger partial charge in [-0.1, -0.05) is 18.2 Å². The molecule has 0 unspecified atom stereocenters. The summed E-state index contributed by atoms with van der Waals surface area (Å²) in [7, 11) is 1.59. The molecule has 1 N–H and O–H groups in total. The smallest absolute Gasteiger partial charge is 0.248 e. The minimum absolute atomic E-state index is 0.0277. The number of amides is 1. The van der Waals surface area contributed by atoms with Crippen molar-refractivity contribution in [3.05, 3.63) is 54.1 Å². The first-order valence-corrected chi connectivity index (χ1v) is 8.59. The van der Waals surface area contributed by atoms with Crippen LogP contribution < -0.4 is 19.5 Å². The van der Waals surface area contributed by atoms with E-state index in [4.69, 9.17) is 14.2 Å². The lowest BCUT2D eigenvalue weighted by Crippen LogP contribution is -2.12. The van der Waals surface area contributed by atoms with Crippen LogP contribution in [0.15, 0.2) is 48.5 Å². The zero-order valence-electron chi connectivity index (χ0n) is 15.6. The number of benzene rings is 2. The van der Waals surface area contributed by atoms with Crippen LogP contribution in [0.4, 0.5) is 5.69 Å². The fourth-order valence-electron chi connectivity index (χ4n) is 2.34. The van der Waals surface area contributed by atoms with Crippen LogP contribution in [0.25, 0.3) is 6.08 Å². The number of para-hydroxylation sites is 2. The SMILES string of the molecule is CCOc1ccc(/C=C/C(=O)Nc2ccccc2OC(C)C)cc1OC. The van der Waals surface area contributed by atoms with E-state index >= 15 is 0 Å². The molecule has 0 aliphatic heterocycles. The van der Waals surface area contributed by atoms with Gasteiger partial charge >= 0.3 is 0 Å². The van der Waals surface area contributed by atoms with Crippen molar-refractivity contribution in [2.45, 2.75) is 26.9 Å². The third kappa shape index (κ3) is 5.55. The second-order valence-corrected chi connectivity index (χ2v) is 5.83. The van der Waals surface area contributed by atoms with E-state index in [1.54, 1.807) is 13.2 Å². The van der Waals surface area contributed by atoms with E-state index in [2.05, 4.69) is 5.32 Å². The fraction of sp³-hybridized carbons (Fsp3) is 0.286. The molecule has 5 heteroatoms. The molecule has 26 heavy (non-hydrogen) atoms. The standard InChI is InChI=1S/C21H25NO4/c1-5-25-19-12-10-16(14-20(19)24-4)11-13-21(23)22-17-8-6-7-9-18(17)26-15(2)3/h6-15H,5H2,1-4H3,(H,22,23)/b13-11+. The molecule has 0 spiro atoms. The average molecular weight is 355 g/mol. The van der Waals surface area contributed by atoms with Crippen LogP contribution in [0.3, 0.4) is 0 Å². The summed E-state index contributed by atoms with van der Waals surface area (Å²) in [6, 6.07) is 12.9. The van der Waals surface area contributed by atoms with Crippen LogP contribution in [0, 0.1) is 0 Å². The molecule has 0 aliphatic rings. The fourth-order valence-corrected chi connectivity index (χ4v) is 2.34. The van der Waals surface area contributed by atoms with E-state index in [9.17, 15) is 4.79 Å². The summed E-state index contributed by atoms with van der Waals surface area (Å²) in [5.41, 5.74) is 1.48. The lowest BCUT2D eigenvalue weighted by molar-refractivity contribution is -0.111. The molecule has 0 aromatic heterocycles. The maximum Gasteiger partial charge on any atom is 0.248 e. The lowest BCUT2D eigenvalue weighted by atomic mass is 10.2. The molecule has 2 aromatic rings. The maximum atomic E-state index is 12.2. The molecule has 1 amide bonds. The van der Waals surface area contributed by atoms with Crippen molar-refractivity contribution in [2.75, 3.05) is 19.0 Å². The number of rotatable bonds is 8. The molecule has 0 radical (unpaired) electrons. The van der Waals surface area contributed by atoms with Gasteiger partial charge in [-0.3, -0.25) is 4.79 Å². The highest BCUT2D eigenvalue weighted by Gasteiger charge is 2.07. The number of hydrogen-bond acceptors (Lipinski definition) is 4. The number of ether oxygens (including phenoxy) is 3. The van der Waals surface area contributed by atoms with Gasteiger partial charge in [0.1, 0.15) is 5.75 Å².